The van der Waals surface area contributed by atoms with E-state index in [2.05, 4.69) is 5.32 Å². The zero-order valence-electron chi connectivity index (χ0n) is 15.4. The highest BCUT2D eigenvalue weighted by Gasteiger charge is 2.35. The summed E-state index contributed by atoms with van der Waals surface area (Å²) in [6.07, 6.45) is 2.23. The zero-order chi connectivity index (χ0) is 18.6. The van der Waals surface area contributed by atoms with E-state index in [4.69, 9.17) is 4.74 Å². The van der Waals surface area contributed by atoms with E-state index in [0.29, 0.717) is 25.1 Å². The van der Waals surface area contributed by atoms with Crippen LogP contribution >= 0.6 is 0 Å². The average Bonchev–Trinajstić information content (AvgIpc) is 2.61. The van der Waals surface area contributed by atoms with Gasteiger partial charge in [0.05, 0.1) is 13.0 Å². The first kappa shape index (κ1) is 19.7. The average molecular weight is 368 g/mol. The molecule has 1 aromatic carbocycles. The molecular weight excluding hydrogens is 340 g/mol. The third-order valence-electron chi connectivity index (χ3n) is 4.69. The second kappa shape index (κ2) is 8.19. The number of methoxy groups -OCH3 is 1. The van der Waals surface area contributed by atoms with Crippen molar-refractivity contribution in [1.82, 2.24) is 9.62 Å². The van der Waals surface area contributed by atoms with Crippen LogP contribution in [0.4, 0.5) is 0 Å². The molecule has 0 unspecified atom stereocenters. The van der Waals surface area contributed by atoms with Crippen molar-refractivity contribution in [3.63, 3.8) is 0 Å². The third-order valence-corrected chi connectivity index (χ3v) is 6.58. The largest absolute Gasteiger partial charge is 0.495 e. The molecule has 2 rings (SSSR count). The molecule has 0 radical (unpaired) electrons. The Labute approximate surface area is 150 Å². The number of ether oxygens (including phenoxy) is 1. The van der Waals surface area contributed by atoms with Crippen molar-refractivity contribution in [2.45, 2.75) is 51.0 Å². The number of benzene rings is 1. The quantitative estimate of drug-likeness (QED) is 0.836. The number of nitrogens with one attached hydrogen (secondary N) is 1. The molecule has 0 aliphatic carbocycles. The van der Waals surface area contributed by atoms with Crippen molar-refractivity contribution in [2.75, 3.05) is 20.2 Å². The number of sulfonamides is 1. The molecule has 1 amide bonds. The summed E-state index contributed by atoms with van der Waals surface area (Å²) < 4.78 is 32.8. The van der Waals surface area contributed by atoms with Gasteiger partial charge in [0.15, 0.2) is 0 Å². The molecule has 0 spiro atoms. The maximum atomic E-state index is 13.1. The van der Waals surface area contributed by atoms with E-state index in [1.807, 2.05) is 26.8 Å². The summed E-state index contributed by atoms with van der Waals surface area (Å²) in [5.41, 5.74) is 0.849. The number of piperidine rings is 1. The normalized spacial score (nSPS) is 20.1. The van der Waals surface area contributed by atoms with Crippen LogP contribution in [0.15, 0.2) is 23.1 Å². The smallest absolute Gasteiger partial charge is 0.246 e. The van der Waals surface area contributed by atoms with Gasteiger partial charge < -0.3 is 10.1 Å². The lowest BCUT2D eigenvalue weighted by molar-refractivity contribution is -0.126. The number of rotatable bonds is 6. The van der Waals surface area contributed by atoms with E-state index >= 15 is 0 Å². The van der Waals surface area contributed by atoms with Crippen LogP contribution in [0.3, 0.4) is 0 Å². The van der Waals surface area contributed by atoms with E-state index in [1.54, 1.807) is 12.1 Å². The Morgan fingerprint density at radius 1 is 1.44 bits per heavy atom. The van der Waals surface area contributed by atoms with Crippen LogP contribution in [0.1, 0.15) is 38.7 Å². The summed E-state index contributed by atoms with van der Waals surface area (Å²) in [6.45, 7) is 6.44. The van der Waals surface area contributed by atoms with Crippen LogP contribution in [0.25, 0.3) is 0 Å². The predicted octanol–water partition coefficient (Wildman–Crippen LogP) is 2.32. The molecule has 140 valence electrons. The summed E-state index contributed by atoms with van der Waals surface area (Å²) in [4.78, 5) is 12.6. The minimum Gasteiger partial charge on any atom is -0.495 e. The van der Waals surface area contributed by atoms with E-state index in [1.165, 1.54) is 11.4 Å². The van der Waals surface area contributed by atoms with Gasteiger partial charge >= 0.3 is 0 Å². The minimum atomic E-state index is -3.70. The first-order chi connectivity index (χ1) is 11.8. The Bertz CT molecular complexity index is 718. The van der Waals surface area contributed by atoms with Crippen LogP contribution in [0.5, 0.6) is 5.75 Å². The molecule has 0 saturated carbocycles. The molecule has 1 heterocycles. The summed E-state index contributed by atoms with van der Waals surface area (Å²) in [5.74, 6) is -0.0458. The summed E-state index contributed by atoms with van der Waals surface area (Å²) in [5, 5.41) is 2.96. The number of carbonyl (C=O) groups excluding carboxylic acids is 1. The molecule has 0 aromatic heterocycles. The van der Waals surface area contributed by atoms with Crippen molar-refractivity contribution >= 4 is 15.9 Å². The number of hydrogen-bond donors (Lipinski definition) is 1. The number of hydrogen-bond acceptors (Lipinski definition) is 4. The Balaban J connectivity index is 2.22. The van der Waals surface area contributed by atoms with Gasteiger partial charge in [0.1, 0.15) is 10.6 Å². The lowest BCUT2D eigenvalue weighted by Crippen LogP contribution is -2.47. The number of nitrogens with zero attached hydrogens (tertiary/aromatic N) is 1. The second-order valence-corrected chi connectivity index (χ2v) is 8.58. The number of amides is 1. The molecule has 1 aliphatic heterocycles. The van der Waals surface area contributed by atoms with Gasteiger partial charge in [-0.2, -0.15) is 4.31 Å². The van der Waals surface area contributed by atoms with Crippen molar-refractivity contribution in [3.8, 4) is 5.75 Å². The first-order valence-electron chi connectivity index (χ1n) is 8.74. The molecule has 1 fully saturated rings. The van der Waals surface area contributed by atoms with Crippen molar-refractivity contribution in [2.24, 2.45) is 5.92 Å². The maximum Gasteiger partial charge on any atom is 0.246 e. The lowest BCUT2D eigenvalue weighted by Gasteiger charge is -2.32. The Hall–Kier alpha value is -1.60. The highest BCUT2D eigenvalue weighted by molar-refractivity contribution is 7.89. The topological polar surface area (TPSA) is 75.7 Å². The molecule has 1 N–H and O–H groups in total. The predicted molar refractivity (Wildman–Crippen MR) is 97.1 cm³/mol. The van der Waals surface area contributed by atoms with Crippen LogP contribution in [0.2, 0.25) is 0 Å². The molecule has 1 saturated heterocycles. The van der Waals surface area contributed by atoms with E-state index in [0.717, 1.165) is 12.0 Å². The van der Waals surface area contributed by atoms with Crippen LogP contribution in [-0.2, 0) is 14.8 Å². The lowest BCUT2D eigenvalue weighted by atomic mass is 9.98. The Morgan fingerprint density at radius 3 is 2.80 bits per heavy atom. The van der Waals surface area contributed by atoms with Gasteiger partial charge in [-0.3, -0.25) is 4.79 Å². The van der Waals surface area contributed by atoms with Gasteiger partial charge in [-0.05, 0) is 50.8 Å². The second-order valence-electron chi connectivity index (χ2n) is 6.67. The zero-order valence-corrected chi connectivity index (χ0v) is 16.2. The fraction of sp³-hybridized carbons (Fsp3) is 0.611. The molecule has 2 atom stereocenters. The molecule has 6 nitrogen and oxygen atoms in total. The van der Waals surface area contributed by atoms with Crippen LogP contribution in [0, 0.1) is 12.8 Å². The fourth-order valence-corrected chi connectivity index (χ4v) is 4.73. The van der Waals surface area contributed by atoms with E-state index in [-0.39, 0.29) is 29.3 Å². The Morgan fingerprint density at radius 2 is 2.16 bits per heavy atom. The first-order valence-corrected chi connectivity index (χ1v) is 10.2. The van der Waals surface area contributed by atoms with Crippen LogP contribution in [-0.4, -0.2) is 44.9 Å². The minimum absolute atomic E-state index is 0.0644. The van der Waals surface area contributed by atoms with Gasteiger partial charge in [0.2, 0.25) is 15.9 Å². The molecule has 1 aromatic rings. The van der Waals surface area contributed by atoms with Gasteiger partial charge in [0, 0.05) is 19.1 Å². The van der Waals surface area contributed by atoms with Gasteiger partial charge in [-0.25, -0.2) is 8.42 Å². The fourth-order valence-electron chi connectivity index (χ4n) is 2.96. The number of carbonyl (C=O) groups is 1. The number of aryl methyl sites for hydroxylation is 1. The van der Waals surface area contributed by atoms with E-state index < -0.39 is 10.0 Å². The molecule has 25 heavy (non-hydrogen) atoms. The summed E-state index contributed by atoms with van der Waals surface area (Å²) >= 11 is 0. The summed E-state index contributed by atoms with van der Waals surface area (Å²) in [7, 11) is -2.24. The van der Waals surface area contributed by atoms with Crippen LogP contribution < -0.4 is 10.1 Å². The summed E-state index contributed by atoms with van der Waals surface area (Å²) in [6, 6.07) is 5.20. The van der Waals surface area contributed by atoms with E-state index in [9.17, 15) is 13.2 Å². The standard InChI is InChI=1S/C18H28N2O4S/c1-5-14(3)19-18(21)15-7-6-10-20(12-15)25(22,23)17-11-13(2)8-9-16(17)24-4/h8-9,11,14-15H,5-7,10,12H2,1-4H3,(H,19,21)/t14-,15+/m0/s1. The molecule has 7 heteroatoms. The highest BCUT2D eigenvalue weighted by atomic mass is 32.2. The Kier molecular flexibility index (Phi) is 6.46. The third kappa shape index (κ3) is 4.52. The van der Waals surface area contributed by atoms with Crippen molar-refractivity contribution < 1.29 is 17.9 Å². The molecular formula is C18H28N2O4S. The van der Waals surface area contributed by atoms with Crippen molar-refractivity contribution in [3.05, 3.63) is 23.8 Å². The van der Waals surface area contributed by atoms with Gasteiger partial charge in [-0.15, -0.1) is 0 Å². The SMILES string of the molecule is CC[C@H](C)NC(=O)[C@@H]1CCCN(S(=O)(=O)c2cc(C)ccc2OC)C1. The molecule has 1 aliphatic rings. The maximum absolute atomic E-state index is 13.1. The molecule has 0 bridgehead atoms. The monoisotopic (exact) mass is 368 g/mol. The van der Waals surface area contributed by atoms with Gasteiger partial charge in [-0.1, -0.05) is 13.0 Å². The highest BCUT2D eigenvalue weighted by Crippen LogP contribution is 2.30. The van der Waals surface area contributed by atoms with Gasteiger partial charge in [0.25, 0.3) is 0 Å². The van der Waals surface area contributed by atoms with Crippen molar-refractivity contribution in [1.29, 1.82) is 0 Å².